The number of nitrogens with zero attached hydrogens (tertiary/aromatic N) is 6. The van der Waals surface area contributed by atoms with E-state index in [9.17, 15) is 18.8 Å². The number of rotatable bonds is 7. The fourth-order valence-electron chi connectivity index (χ4n) is 3.50. The third-order valence-electron chi connectivity index (χ3n) is 5.49. The van der Waals surface area contributed by atoms with Crippen LogP contribution >= 0.6 is 0 Å². The summed E-state index contributed by atoms with van der Waals surface area (Å²) in [6, 6.07) is 4.85. The van der Waals surface area contributed by atoms with Crippen LogP contribution in [0.1, 0.15) is 24.0 Å². The number of halogens is 1. The molecule has 4 rings (SSSR count). The van der Waals surface area contributed by atoms with Crippen molar-refractivity contribution in [2.45, 2.75) is 19.4 Å². The summed E-state index contributed by atoms with van der Waals surface area (Å²) in [5.41, 5.74) is -1.57. The number of aromatic nitrogens is 5. The van der Waals surface area contributed by atoms with Gasteiger partial charge in [0.25, 0.3) is 5.56 Å². The number of morpholine rings is 1. The lowest BCUT2D eigenvalue weighted by Gasteiger charge is -2.30. The molecule has 0 unspecified atom stereocenters. The van der Waals surface area contributed by atoms with Gasteiger partial charge in [-0.25, -0.2) is 9.18 Å². The number of hydrogen-bond donors (Lipinski definition) is 1. The van der Waals surface area contributed by atoms with Crippen molar-refractivity contribution in [1.82, 2.24) is 34.7 Å². The van der Waals surface area contributed by atoms with Crippen molar-refractivity contribution in [3.63, 3.8) is 0 Å². The lowest BCUT2D eigenvalue weighted by molar-refractivity contribution is 0.0330. The first-order chi connectivity index (χ1) is 16.4. The van der Waals surface area contributed by atoms with Crippen LogP contribution in [0.25, 0.3) is 17.2 Å². The van der Waals surface area contributed by atoms with E-state index in [0.29, 0.717) is 26.2 Å². The number of benzene rings is 1. The molecule has 1 N–H and O–H groups in total. The van der Waals surface area contributed by atoms with Crippen LogP contribution in [0, 0.1) is 5.82 Å². The summed E-state index contributed by atoms with van der Waals surface area (Å²) in [6.45, 7) is 5.48. The highest BCUT2D eigenvalue weighted by Gasteiger charge is 2.24. The van der Waals surface area contributed by atoms with Crippen molar-refractivity contribution in [2.24, 2.45) is 7.05 Å². The standard InChI is InChI=1S/C21H24FN7O5/c1-3-14(12-28-8-10-33-11-9-28)23-18(30)19-24-17(26-34-19)16-20(31)27(2)21(32)29(25-16)15-6-4-13(22)5-7-15/h4-7,14H,3,8-12H2,1-2H3,(H,23,30)/t14-/m1/s1. The molecule has 0 radical (unpaired) electrons. The van der Waals surface area contributed by atoms with Gasteiger partial charge in [0.2, 0.25) is 5.82 Å². The number of amides is 1. The second-order valence-corrected chi connectivity index (χ2v) is 7.80. The Morgan fingerprint density at radius 3 is 2.59 bits per heavy atom. The maximum Gasteiger partial charge on any atom is 0.351 e. The van der Waals surface area contributed by atoms with Gasteiger partial charge in [0.15, 0.2) is 5.69 Å². The van der Waals surface area contributed by atoms with Crippen LogP contribution in [0.4, 0.5) is 4.39 Å². The van der Waals surface area contributed by atoms with Crippen LogP contribution in [0.3, 0.4) is 0 Å². The van der Waals surface area contributed by atoms with Crippen LogP contribution in [0.15, 0.2) is 38.4 Å². The summed E-state index contributed by atoms with van der Waals surface area (Å²) in [4.78, 5) is 44.1. The molecule has 3 heterocycles. The van der Waals surface area contributed by atoms with E-state index in [1.54, 1.807) is 0 Å². The average molecular weight is 473 g/mol. The van der Waals surface area contributed by atoms with Gasteiger partial charge in [0, 0.05) is 32.7 Å². The molecule has 180 valence electrons. The minimum Gasteiger partial charge on any atom is -0.379 e. The van der Waals surface area contributed by atoms with Crippen molar-refractivity contribution in [3.8, 4) is 17.2 Å². The van der Waals surface area contributed by atoms with Gasteiger partial charge in [0.05, 0.1) is 18.9 Å². The van der Waals surface area contributed by atoms with Gasteiger partial charge in [-0.05, 0) is 30.7 Å². The monoisotopic (exact) mass is 473 g/mol. The Kier molecular flexibility index (Phi) is 6.93. The van der Waals surface area contributed by atoms with Crippen molar-refractivity contribution in [1.29, 1.82) is 0 Å². The third kappa shape index (κ3) is 4.94. The predicted molar refractivity (Wildman–Crippen MR) is 117 cm³/mol. The highest BCUT2D eigenvalue weighted by atomic mass is 19.1. The summed E-state index contributed by atoms with van der Waals surface area (Å²) < 4.78 is 25.4. The van der Waals surface area contributed by atoms with Gasteiger partial charge in [0.1, 0.15) is 5.82 Å². The zero-order valence-electron chi connectivity index (χ0n) is 18.7. The fraction of sp³-hybridized carbons (Fsp3) is 0.429. The Morgan fingerprint density at radius 1 is 1.21 bits per heavy atom. The van der Waals surface area contributed by atoms with Gasteiger partial charge < -0.3 is 14.6 Å². The number of carbonyl (C=O) groups excluding carboxylic acids is 1. The SMILES string of the molecule is CC[C@H](CN1CCOCC1)NC(=O)c1nc(-c2nn(-c3ccc(F)cc3)c(=O)n(C)c2=O)no1. The number of ether oxygens (including phenoxy) is 1. The molecule has 1 atom stereocenters. The average Bonchev–Trinajstić information content (AvgIpc) is 3.34. The quantitative estimate of drug-likeness (QED) is 0.501. The van der Waals surface area contributed by atoms with E-state index in [-0.39, 0.29) is 29.1 Å². The van der Waals surface area contributed by atoms with Crippen LogP contribution in [-0.4, -0.2) is 74.2 Å². The topological polar surface area (TPSA) is 137 Å². The molecule has 12 nitrogen and oxygen atoms in total. The Hall–Kier alpha value is -3.71. The summed E-state index contributed by atoms with van der Waals surface area (Å²) in [7, 11) is 1.26. The molecule has 34 heavy (non-hydrogen) atoms. The molecule has 13 heteroatoms. The lowest BCUT2D eigenvalue weighted by atomic mass is 10.2. The second-order valence-electron chi connectivity index (χ2n) is 7.80. The second kappa shape index (κ2) is 10.1. The molecular formula is C21H24FN7O5. The Morgan fingerprint density at radius 2 is 1.91 bits per heavy atom. The fourth-order valence-corrected chi connectivity index (χ4v) is 3.50. The van der Waals surface area contributed by atoms with E-state index in [1.807, 2.05) is 6.92 Å². The maximum absolute atomic E-state index is 13.3. The molecule has 1 saturated heterocycles. The number of carbonyl (C=O) groups is 1. The van der Waals surface area contributed by atoms with Crippen LogP contribution < -0.4 is 16.6 Å². The molecule has 1 amide bonds. The summed E-state index contributed by atoms with van der Waals surface area (Å²) in [5.74, 6) is -1.65. The van der Waals surface area contributed by atoms with Gasteiger partial charge in [-0.3, -0.25) is 19.1 Å². The summed E-state index contributed by atoms with van der Waals surface area (Å²) >= 11 is 0. The molecular weight excluding hydrogens is 449 g/mol. The molecule has 1 fully saturated rings. The zero-order valence-corrected chi connectivity index (χ0v) is 18.7. The lowest BCUT2D eigenvalue weighted by Crippen LogP contribution is -2.47. The Balaban J connectivity index is 1.57. The zero-order chi connectivity index (χ0) is 24.2. The first-order valence-corrected chi connectivity index (χ1v) is 10.8. The largest absolute Gasteiger partial charge is 0.379 e. The van der Waals surface area contributed by atoms with Crippen LogP contribution in [0.2, 0.25) is 0 Å². The van der Waals surface area contributed by atoms with E-state index in [1.165, 1.54) is 19.2 Å². The van der Waals surface area contributed by atoms with E-state index in [4.69, 9.17) is 9.26 Å². The van der Waals surface area contributed by atoms with E-state index in [0.717, 1.165) is 34.5 Å². The molecule has 0 spiro atoms. The minimum atomic E-state index is -0.769. The van der Waals surface area contributed by atoms with Gasteiger partial charge in [-0.15, -0.1) is 0 Å². The Labute approximate surface area is 192 Å². The maximum atomic E-state index is 13.3. The molecule has 1 aliphatic heterocycles. The highest BCUT2D eigenvalue weighted by molar-refractivity contribution is 5.90. The molecule has 0 saturated carbocycles. The molecule has 3 aromatic rings. The van der Waals surface area contributed by atoms with Gasteiger partial charge >= 0.3 is 17.5 Å². The normalized spacial score (nSPS) is 15.3. The van der Waals surface area contributed by atoms with Gasteiger partial charge in [-0.1, -0.05) is 12.1 Å². The molecule has 0 bridgehead atoms. The first kappa shape index (κ1) is 23.4. The van der Waals surface area contributed by atoms with Crippen LogP contribution in [0.5, 0.6) is 0 Å². The predicted octanol–water partition coefficient (Wildman–Crippen LogP) is -0.0391. The van der Waals surface area contributed by atoms with Crippen LogP contribution in [-0.2, 0) is 11.8 Å². The van der Waals surface area contributed by atoms with Crippen molar-refractivity contribution >= 4 is 5.91 Å². The van der Waals surface area contributed by atoms with E-state index in [2.05, 4.69) is 25.5 Å². The highest BCUT2D eigenvalue weighted by Crippen LogP contribution is 2.11. The van der Waals surface area contributed by atoms with E-state index >= 15 is 0 Å². The third-order valence-corrected chi connectivity index (χ3v) is 5.49. The molecule has 2 aromatic heterocycles. The van der Waals surface area contributed by atoms with E-state index < -0.39 is 23.0 Å². The van der Waals surface area contributed by atoms with Gasteiger partial charge in [-0.2, -0.15) is 14.8 Å². The summed E-state index contributed by atoms with van der Waals surface area (Å²) in [5, 5.41) is 10.6. The molecule has 1 aliphatic rings. The molecule has 0 aliphatic carbocycles. The van der Waals surface area contributed by atoms with Crippen molar-refractivity contribution < 1.29 is 18.4 Å². The number of hydrogen-bond acceptors (Lipinski definition) is 9. The first-order valence-electron chi connectivity index (χ1n) is 10.8. The minimum absolute atomic E-state index is 0.146. The van der Waals surface area contributed by atoms with Crippen molar-refractivity contribution in [3.05, 3.63) is 56.8 Å². The Bertz CT molecular complexity index is 1280. The smallest absolute Gasteiger partial charge is 0.351 e. The number of nitrogens with one attached hydrogen (secondary N) is 1. The summed E-state index contributed by atoms with van der Waals surface area (Å²) in [6.07, 6.45) is 0.689. The van der Waals surface area contributed by atoms with Crippen molar-refractivity contribution in [2.75, 3.05) is 32.8 Å². The molecule has 1 aromatic carbocycles.